The Kier molecular flexibility index (Phi) is 3.68. The molecule has 3 unspecified atom stereocenters. The summed E-state index contributed by atoms with van der Waals surface area (Å²) in [7, 11) is 0. The maximum absolute atomic E-state index is 11.8. The first-order chi connectivity index (χ1) is 6.56. The molecule has 0 aliphatic heterocycles. The van der Waals surface area contributed by atoms with Crippen LogP contribution in [0.5, 0.6) is 0 Å². The van der Waals surface area contributed by atoms with E-state index >= 15 is 0 Å². The van der Waals surface area contributed by atoms with E-state index in [1.807, 2.05) is 13.0 Å². The Bertz CT molecular complexity index is 273. The molecule has 0 aromatic heterocycles. The minimum absolute atomic E-state index is 0.200. The molecular weight excluding hydrogens is 172 g/mol. The fourth-order valence-electron chi connectivity index (χ4n) is 2.22. The van der Waals surface area contributed by atoms with Gasteiger partial charge in [0, 0.05) is 5.92 Å². The fraction of sp³-hybridized carbons (Fsp3) is 0.615. The van der Waals surface area contributed by atoms with Gasteiger partial charge < -0.3 is 0 Å². The van der Waals surface area contributed by atoms with Crippen molar-refractivity contribution in [2.24, 2.45) is 17.8 Å². The molecule has 78 valence electrons. The van der Waals surface area contributed by atoms with E-state index in [1.54, 1.807) is 6.08 Å². The van der Waals surface area contributed by atoms with Gasteiger partial charge in [0.1, 0.15) is 0 Å². The van der Waals surface area contributed by atoms with Gasteiger partial charge in [-0.2, -0.15) is 0 Å². The second kappa shape index (κ2) is 4.59. The van der Waals surface area contributed by atoms with E-state index in [4.69, 9.17) is 0 Å². The molecule has 0 aromatic rings. The highest BCUT2D eigenvalue weighted by atomic mass is 16.1. The highest BCUT2D eigenvalue weighted by molar-refractivity contribution is 5.92. The molecule has 0 heterocycles. The van der Waals surface area contributed by atoms with Crippen LogP contribution in [0.2, 0.25) is 0 Å². The van der Waals surface area contributed by atoms with Crippen LogP contribution in [0.1, 0.15) is 34.1 Å². The number of carbonyl (C=O) groups excluding carboxylic acids is 1. The van der Waals surface area contributed by atoms with Gasteiger partial charge in [0.2, 0.25) is 0 Å². The zero-order valence-electron chi connectivity index (χ0n) is 9.58. The zero-order chi connectivity index (χ0) is 10.7. The molecule has 0 radical (unpaired) electrons. The standard InChI is InChI=1S/C13H20O/c1-5-6-13(14)12-8-9(2)7-10(3)11(12)4/h5-7,10-12H,8H2,1-4H3. The summed E-state index contributed by atoms with van der Waals surface area (Å²) in [6.45, 7) is 8.40. The number of allylic oxidation sites excluding steroid dienone is 4. The van der Waals surface area contributed by atoms with E-state index in [2.05, 4.69) is 26.8 Å². The Morgan fingerprint density at radius 2 is 2.14 bits per heavy atom. The van der Waals surface area contributed by atoms with Gasteiger partial charge in [-0.05, 0) is 38.2 Å². The predicted molar refractivity (Wildman–Crippen MR) is 60.0 cm³/mol. The molecule has 1 nitrogen and oxygen atoms in total. The summed E-state index contributed by atoms with van der Waals surface area (Å²) in [5, 5.41) is 0. The maximum Gasteiger partial charge on any atom is 0.159 e. The molecule has 0 aromatic carbocycles. The quantitative estimate of drug-likeness (QED) is 0.484. The first-order valence-corrected chi connectivity index (χ1v) is 5.40. The molecule has 1 rings (SSSR count). The van der Waals surface area contributed by atoms with Crippen molar-refractivity contribution in [3.05, 3.63) is 23.8 Å². The third kappa shape index (κ3) is 2.34. The van der Waals surface area contributed by atoms with Gasteiger partial charge in [0.25, 0.3) is 0 Å². The Morgan fingerprint density at radius 3 is 2.71 bits per heavy atom. The van der Waals surface area contributed by atoms with Gasteiger partial charge in [0.15, 0.2) is 5.78 Å². The minimum Gasteiger partial charge on any atom is -0.295 e. The molecule has 1 heteroatoms. The Balaban J connectivity index is 2.80. The van der Waals surface area contributed by atoms with E-state index < -0.39 is 0 Å². The molecular formula is C13H20O. The maximum atomic E-state index is 11.8. The van der Waals surface area contributed by atoms with E-state index in [0.717, 1.165) is 6.42 Å². The van der Waals surface area contributed by atoms with Crippen LogP contribution in [-0.4, -0.2) is 5.78 Å². The van der Waals surface area contributed by atoms with Gasteiger partial charge in [-0.3, -0.25) is 4.79 Å². The summed E-state index contributed by atoms with van der Waals surface area (Å²) < 4.78 is 0. The van der Waals surface area contributed by atoms with Crippen molar-refractivity contribution in [2.75, 3.05) is 0 Å². The second-order valence-corrected chi connectivity index (χ2v) is 4.44. The smallest absolute Gasteiger partial charge is 0.159 e. The lowest BCUT2D eigenvalue weighted by Crippen LogP contribution is -2.28. The van der Waals surface area contributed by atoms with Gasteiger partial charge in [-0.15, -0.1) is 0 Å². The fourth-order valence-corrected chi connectivity index (χ4v) is 2.22. The van der Waals surface area contributed by atoms with Gasteiger partial charge >= 0.3 is 0 Å². The molecule has 0 amide bonds. The number of carbonyl (C=O) groups is 1. The monoisotopic (exact) mass is 192 g/mol. The molecule has 0 saturated heterocycles. The van der Waals surface area contributed by atoms with Gasteiger partial charge in [-0.1, -0.05) is 31.6 Å². The van der Waals surface area contributed by atoms with Crippen molar-refractivity contribution < 1.29 is 4.79 Å². The first-order valence-electron chi connectivity index (χ1n) is 5.40. The summed E-state index contributed by atoms with van der Waals surface area (Å²) in [6.07, 6.45) is 6.79. The van der Waals surface area contributed by atoms with E-state index in [-0.39, 0.29) is 5.92 Å². The lowest BCUT2D eigenvalue weighted by molar-refractivity contribution is -0.120. The number of hydrogen-bond donors (Lipinski definition) is 0. The molecule has 1 aliphatic carbocycles. The van der Waals surface area contributed by atoms with Crippen molar-refractivity contribution in [2.45, 2.75) is 34.1 Å². The summed E-state index contributed by atoms with van der Waals surface area (Å²) in [6, 6.07) is 0. The average Bonchev–Trinajstić information content (AvgIpc) is 2.11. The summed E-state index contributed by atoms with van der Waals surface area (Å²) in [5.41, 5.74) is 1.36. The van der Waals surface area contributed by atoms with E-state index in [1.165, 1.54) is 5.57 Å². The number of hydrogen-bond acceptors (Lipinski definition) is 1. The molecule has 0 saturated carbocycles. The summed E-state index contributed by atoms with van der Waals surface area (Å²) in [5.74, 6) is 1.50. The van der Waals surface area contributed by atoms with Crippen molar-refractivity contribution in [1.29, 1.82) is 0 Å². The summed E-state index contributed by atoms with van der Waals surface area (Å²) in [4.78, 5) is 11.8. The third-order valence-corrected chi connectivity index (χ3v) is 3.25. The van der Waals surface area contributed by atoms with E-state index in [0.29, 0.717) is 17.6 Å². The topological polar surface area (TPSA) is 17.1 Å². The average molecular weight is 192 g/mol. The first kappa shape index (κ1) is 11.2. The van der Waals surface area contributed by atoms with Crippen LogP contribution in [0.3, 0.4) is 0 Å². The lowest BCUT2D eigenvalue weighted by Gasteiger charge is -2.30. The SMILES string of the molecule is CC=CC(=O)C1CC(C)=CC(C)C1C. The zero-order valence-corrected chi connectivity index (χ0v) is 9.58. The number of ketones is 1. The van der Waals surface area contributed by atoms with Crippen LogP contribution in [0, 0.1) is 17.8 Å². The van der Waals surface area contributed by atoms with Crippen molar-refractivity contribution in [1.82, 2.24) is 0 Å². The van der Waals surface area contributed by atoms with Crippen LogP contribution in [-0.2, 0) is 4.79 Å². The Labute approximate surface area is 86.9 Å². The van der Waals surface area contributed by atoms with Crippen LogP contribution in [0.15, 0.2) is 23.8 Å². The minimum atomic E-state index is 0.200. The molecule has 0 fully saturated rings. The van der Waals surface area contributed by atoms with E-state index in [9.17, 15) is 4.79 Å². The van der Waals surface area contributed by atoms with Gasteiger partial charge in [0.05, 0.1) is 0 Å². The van der Waals surface area contributed by atoms with Crippen molar-refractivity contribution >= 4 is 5.78 Å². The summed E-state index contributed by atoms with van der Waals surface area (Å²) >= 11 is 0. The Hall–Kier alpha value is -0.850. The molecule has 1 aliphatic rings. The van der Waals surface area contributed by atoms with Crippen molar-refractivity contribution in [3.63, 3.8) is 0 Å². The van der Waals surface area contributed by atoms with Crippen LogP contribution >= 0.6 is 0 Å². The second-order valence-electron chi connectivity index (χ2n) is 4.44. The lowest BCUT2D eigenvalue weighted by atomic mass is 9.73. The molecule has 0 N–H and O–H groups in total. The highest BCUT2D eigenvalue weighted by Crippen LogP contribution is 2.34. The highest BCUT2D eigenvalue weighted by Gasteiger charge is 2.29. The van der Waals surface area contributed by atoms with Crippen LogP contribution in [0.4, 0.5) is 0 Å². The largest absolute Gasteiger partial charge is 0.295 e. The molecule has 14 heavy (non-hydrogen) atoms. The number of rotatable bonds is 2. The molecule has 3 atom stereocenters. The molecule has 0 bridgehead atoms. The molecule has 0 spiro atoms. The van der Waals surface area contributed by atoms with Crippen LogP contribution in [0.25, 0.3) is 0 Å². The normalized spacial score (nSPS) is 33.1. The third-order valence-electron chi connectivity index (χ3n) is 3.25. The van der Waals surface area contributed by atoms with Crippen molar-refractivity contribution in [3.8, 4) is 0 Å². The predicted octanol–water partition coefficient (Wildman–Crippen LogP) is 3.37. The van der Waals surface area contributed by atoms with Gasteiger partial charge in [-0.25, -0.2) is 0 Å². The van der Waals surface area contributed by atoms with Crippen LogP contribution < -0.4 is 0 Å². The Morgan fingerprint density at radius 1 is 1.50 bits per heavy atom.